The smallest absolute Gasteiger partial charge is 0.317 e. The van der Waals surface area contributed by atoms with Gasteiger partial charge in [-0.1, -0.05) is 20.8 Å². The van der Waals surface area contributed by atoms with Crippen molar-refractivity contribution < 1.29 is 9.90 Å². The molecule has 0 saturated carbocycles. The van der Waals surface area contributed by atoms with Gasteiger partial charge in [0.1, 0.15) is 0 Å². The summed E-state index contributed by atoms with van der Waals surface area (Å²) in [6.45, 7) is 9.24. The summed E-state index contributed by atoms with van der Waals surface area (Å²) in [7, 11) is 0. The Balaban J connectivity index is 2.47. The third-order valence-electron chi connectivity index (χ3n) is 3.53. The second-order valence-electron chi connectivity index (χ2n) is 5.69. The fourth-order valence-corrected chi connectivity index (χ4v) is 2.60. The molecule has 1 heterocycles. The number of aliphatic hydroxyl groups excluding tert-OH is 1. The second-order valence-corrected chi connectivity index (χ2v) is 5.69. The predicted octanol–water partition coefficient (Wildman–Crippen LogP) is 1.83. The maximum atomic E-state index is 12.1. The fourth-order valence-electron chi connectivity index (χ4n) is 2.60. The molecule has 2 amide bonds. The molecule has 17 heavy (non-hydrogen) atoms. The average molecular weight is 242 g/mol. The van der Waals surface area contributed by atoms with E-state index in [-0.39, 0.29) is 24.7 Å². The lowest BCUT2D eigenvalue weighted by Gasteiger charge is -2.27. The van der Waals surface area contributed by atoms with Crippen LogP contribution in [-0.4, -0.2) is 41.3 Å². The molecule has 1 aliphatic rings. The number of nitrogens with one attached hydrogen (secondary N) is 1. The molecule has 0 radical (unpaired) electrons. The molecule has 1 fully saturated rings. The maximum absolute atomic E-state index is 12.1. The highest BCUT2D eigenvalue weighted by atomic mass is 16.3. The van der Waals surface area contributed by atoms with Gasteiger partial charge in [-0.3, -0.25) is 0 Å². The number of carbonyl (C=O) groups excluding carboxylic acids is 1. The molecular weight excluding hydrogens is 216 g/mol. The Morgan fingerprint density at radius 3 is 2.65 bits per heavy atom. The first-order chi connectivity index (χ1) is 7.95. The zero-order chi connectivity index (χ0) is 13.0. The Hall–Kier alpha value is -0.770. The maximum Gasteiger partial charge on any atom is 0.317 e. The molecule has 2 N–H and O–H groups in total. The normalized spacial score (nSPS) is 26.4. The number of aliphatic hydroxyl groups is 1. The number of urea groups is 1. The van der Waals surface area contributed by atoms with Gasteiger partial charge >= 0.3 is 6.03 Å². The standard InChI is InChI=1S/C13H26N2O2/c1-9(2)7-11(4)14-13(17)15-6-5-10(3)12(15)8-16/h9-12,16H,5-8H2,1-4H3,(H,14,17). The molecular formula is C13H26N2O2. The Kier molecular flexibility index (Phi) is 5.25. The van der Waals surface area contributed by atoms with Crippen LogP contribution in [0.1, 0.15) is 40.5 Å². The average Bonchev–Trinajstić information content (AvgIpc) is 2.57. The lowest BCUT2D eigenvalue weighted by Crippen LogP contribution is -2.48. The van der Waals surface area contributed by atoms with Gasteiger partial charge in [-0.2, -0.15) is 0 Å². The first-order valence-electron chi connectivity index (χ1n) is 6.63. The van der Waals surface area contributed by atoms with Crippen LogP contribution in [-0.2, 0) is 0 Å². The molecule has 3 atom stereocenters. The summed E-state index contributed by atoms with van der Waals surface area (Å²) in [5, 5.41) is 12.3. The molecule has 1 rings (SSSR count). The van der Waals surface area contributed by atoms with Gasteiger partial charge in [0.2, 0.25) is 0 Å². The van der Waals surface area contributed by atoms with Crippen LogP contribution < -0.4 is 5.32 Å². The topological polar surface area (TPSA) is 52.6 Å². The Labute approximate surface area is 104 Å². The third-order valence-corrected chi connectivity index (χ3v) is 3.53. The van der Waals surface area contributed by atoms with E-state index in [9.17, 15) is 9.90 Å². The van der Waals surface area contributed by atoms with E-state index >= 15 is 0 Å². The van der Waals surface area contributed by atoms with Crippen LogP contribution in [0.15, 0.2) is 0 Å². The largest absolute Gasteiger partial charge is 0.394 e. The van der Waals surface area contributed by atoms with Crippen LogP contribution in [0.2, 0.25) is 0 Å². The number of amides is 2. The lowest BCUT2D eigenvalue weighted by molar-refractivity contribution is 0.141. The molecule has 4 nitrogen and oxygen atoms in total. The van der Waals surface area contributed by atoms with Gasteiger partial charge in [0.15, 0.2) is 0 Å². The summed E-state index contributed by atoms with van der Waals surface area (Å²) in [5.74, 6) is 0.975. The minimum atomic E-state index is -0.0263. The van der Waals surface area contributed by atoms with E-state index < -0.39 is 0 Å². The summed E-state index contributed by atoms with van der Waals surface area (Å²) >= 11 is 0. The van der Waals surface area contributed by atoms with E-state index in [2.05, 4.69) is 26.1 Å². The number of rotatable bonds is 4. The van der Waals surface area contributed by atoms with Gasteiger partial charge in [0, 0.05) is 12.6 Å². The molecule has 0 spiro atoms. The van der Waals surface area contributed by atoms with Crippen LogP contribution in [0.25, 0.3) is 0 Å². The summed E-state index contributed by atoms with van der Waals surface area (Å²) < 4.78 is 0. The Morgan fingerprint density at radius 2 is 2.12 bits per heavy atom. The molecule has 3 unspecified atom stereocenters. The Morgan fingerprint density at radius 1 is 1.47 bits per heavy atom. The molecule has 1 aliphatic heterocycles. The molecule has 0 aromatic rings. The van der Waals surface area contributed by atoms with E-state index in [0.29, 0.717) is 11.8 Å². The Bertz CT molecular complexity index is 256. The van der Waals surface area contributed by atoms with Crippen molar-refractivity contribution in [3.05, 3.63) is 0 Å². The predicted molar refractivity (Wildman–Crippen MR) is 68.8 cm³/mol. The summed E-state index contributed by atoms with van der Waals surface area (Å²) in [4.78, 5) is 13.8. The third kappa shape index (κ3) is 3.87. The number of carbonyl (C=O) groups is 1. The first-order valence-corrected chi connectivity index (χ1v) is 6.63. The van der Waals surface area contributed by atoms with E-state index in [1.807, 2.05) is 6.92 Å². The fraction of sp³-hybridized carbons (Fsp3) is 0.923. The minimum Gasteiger partial charge on any atom is -0.394 e. The molecule has 100 valence electrons. The number of hydrogen-bond donors (Lipinski definition) is 2. The van der Waals surface area contributed by atoms with Crippen LogP contribution in [0.3, 0.4) is 0 Å². The van der Waals surface area contributed by atoms with Crippen molar-refractivity contribution in [1.29, 1.82) is 0 Å². The SMILES string of the molecule is CC(C)CC(C)NC(=O)N1CCC(C)C1CO. The molecule has 0 aromatic heterocycles. The van der Waals surface area contributed by atoms with Crippen molar-refractivity contribution in [3.63, 3.8) is 0 Å². The van der Waals surface area contributed by atoms with Crippen molar-refractivity contribution >= 4 is 6.03 Å². The van der Waals surface area contributed by atoms with Crippen LogP contribution in [0, 0.1) is 11.8 Å². The zero-order valence-corrected chi connectivity index (χ0v) is 11.4. The molecule has 0 aromatic carbocycles. The van der Waals surface area contributed by atoms with E-state index in [1.165, 1.54) is 0 Å². The van der Waals surface area contributed by atoms with Gasteiger partial charge in [-0.05, 0) is 31.6 Å². The van der Waals surface area contributed by atoms with Gasteiger partial charge in [-0.25, -0.2) is 4.79 Å². The summed E-state index contributed by atoms with van der Waals surface area (Å²) in [5.41, 5.74) is 0. The number of hydrogen-bond acceptors (Lipinski definition) is 2. The lowest BCUT2D eigenvalue weighted by atomic mass is 10.0. The minimum absolute atomic E-state index is 0.0127. The van der Waals surface area contributed by atoms with Crippen molar-refractivity contribution in [1.82, 2.24) is 10.2 Å². The van der Waals surface area contributed by atoms with Crippen molar-refractivity contribution in [2.75, 3.05) is 13.2 Å². The van der Waals surface area contributed by atoms with Gasteiger partial charge in [0.25, 0.3) is 0 Å². The second kappa shape index (κ2) is 6.24. The van der Waals surface area contributed by atoms with Crippen molar-refractivity contribution in [3.8, 4) is 0 Å². The zero-order valence-electron chi connectivity index (χ0n) is 11.4. The first kappa shape index (κ1) is 14.3. The number of nitrogens with zero attached hydrogens (tertiary/aromatic N) is 1. The van der Waals surface area contributed by atoms with Crippen LogP contribution >= 0.6 is 0 Å². The quantitative estimate of drug-likeness (QED) is 0.790. The summed E-state index contributed by atoms with van der Waals surface area (Å²) in [6, 6.07) is 0.153. The van der Waals surface area contributed by atoms with Crippen LogP contribution in [0.4, 0.5) is 4.79 Å². The van der Waals surface area contributed by atoms with Gasteiger partial charge in [-0.15, -0.1) is 0 Å². The van der Waals surface area contributed by atoms with Gasteiger partial charge in [0.05, 0.1) is 12.6 Å². The summed E-state index contributed by atoms with van der Waals surface area (Å²) in [6.07, 6.45) is 1.97. The van der Waals surface area contributed by atoms with Crippen LogP contribution in [0.5, 0.6) is 0 Å². The van der Waals surface area contributed by atoms with Crippen molar-refractivity contribution in [2.24, 2.45) is 11.8 Å². The highest BCUT2D eigenvalue weighted by Crippen LogP contribution is 2.23. The highest BCUT2D eigenvalue weighted by Gasteiger charge is 2.34. The van der Waals surface area contributed by atoms with Crippen molar-refractivity contribution in [2.45, 2.75) is 52.6 Å². The monoisotopic (exact) mass is 242 g/mol. The highest BCUT2D eigenvalue weighted by molar-refractivity contribution is 5.75. The van der Waals surface area contributed by atoms with E-state index in [1.54, 1.807) is 4.90 Å². The number of likely N-dealkylation sites (tertiary alicyclic amines) is 1. The molecule has 0 aliphatic carbocycles. The van der Waals surface area contributed by atoms with E-state index in [4.69, 9.17) is 0 Å². The molecule has 4 heteroatoms. The molecule has 1 saturated heterocycles. The van der Waals surface area contributed by atoms with E-state index in [0.717, 1.165) is 19.4 Å². The van der Waals surface area contributed by atoms with Gasteiger partial charge < -0.3 is 15.3 Å². The molecule has 0 bridgehead atoms.